The molecule has 4 N–H and O–H groups in total. The monoisotopic (exact) mass is 362 g/mol. The Morgan fingerprint density at radius 3 is 2.68 bits per heavy atom. The van der Waals surface area contributed by atoms with Crippen molar-refractivity contribution in [3.05, 3.63) is 66.0 Å². The van der Waals surface area contributed by atoms with Crippen molar-refractivity contribution < 1.29 is 28.0 Å². The van der Waals surface area contributed by atoms with Gasteiger partial charge in [-0.1, -0.05) is 35.5 Å². The molecule has 3 aromatic rings. The van der Waals surface area contributed by atoms with Crippen molar-refractivity contribution in [2.45, 2.75) is 13.2 Å². The average molecular weight is 362 g/mol. The van der Waals surface area contributed by atoms with Crippen LogP contribution in [0.25, 0.3) is 11.3 Å². The van der Waals surface area contributed by atoms with E-state index in [-0.39, 0.29) is 12.5 Å². The Labute approximate surface area is 143 Å². The summed E-state index contributed by atoms with van der Waals surface area (Å²) in [6, 6.07) is 15.0. The van der Waals surface area contributed by atoms with Gasteiger partial charge in [-0.15, -0.1) is 0 Å². The minimum absolute atomic E-state index is 0.248. The number of anilines is 1. The number of nitrogen functional groups attached to an aromatic ring is 1. The molecule has 1 aromatic carbocycles. The number of hydrogen-bond acceptors (Lipinski definition) is 5. The first-order valence-electron chi connectivity index (χ1n) is 7.40. The molecular formula is C16H17N3O5P+. The summed E-state index contributed by atoms with van der Waals surface area (Å²) >= 11 is 0. The molecule has 0 spiro atoms. The smallest absolute Gasteiger partial charge is 0.356 e. The molecular weight excluding hydrogens is 345 g/mol. The van der Waals surface area contributed by atoms with Gasteiger partial charge < -0.3 is 14.3 Å². The van der Waals surface area contributed by atoms with Gasteiger partial charge in [-0.3, -0.25) is 5.73 Å². The van der Waals surface area contributed by atoms with Crippen LogP contribution < -0.4 is 10.3 Å². The fourth-order valence-corrected chi connectivity index (χ4v) is 2.62. The van der Waals surface area contributed by atoms with Gasteiger partial charge >= 0.3 is 7.82 Å². The van der Waals surface area contributed by atoms with Crippen molar-refractivity contribution >= 4 is 13.6 Å². The molecule has 0 unspecified atom stereocenters. The maximum Gasteiger partial charge on any atom is 0.472 e. The highest BCUT2D eigenvalue weighted by Gasteiger charge is 2.20. The predicted molar refractivity (Wildman–Crippen MR) is 88.9 cm³/mol. The van der Waals surface area contributed by atoms with E-state index in [4.69, 9.17) is 20.0 Å². The Morgan fingerprint density at radius 2 is 1.96 bits per heavy atom. The fraction of sp³-hybridized carbons (Fsp3) is 0.125. The second-order valence-electron chi connectivity index (χ2n) is 5.37. The Balaban J connectivity index is 1.81. The highest BCUT2D eigenvalue weighted by Crippen LogP contribution is 2.35. The lowest BCUT2D eigenvalue weighted by atomic mass is 10.1. The molecule has 0 aliphatic heterocycles. The Bertz CT molecular complexity index is 907. The number of aromatic nitrogens is 2. The van der Waals surface area contributed by atoms with Crippen molar-refractivity contribution in [3.63, 3.8) is 0 Å². The van der Waals surface area contributed by atoms with Crippen molar-refractivity contribution in [1.29, 1.82) is 0 Å². The third kappa shape index (κ3) is 4.52. The van der Waals surface area contributed by atoms with Crippen LogP contribution in [0.3, 0.4) is 0 Å². The van der Waals surface area contributed by atoms with Gasteiger partial charge in [-0.25, -0.2) is 13.7 Å². The van der Waals surface area contributed by atoms with Crippen LogP contribution in [0.1, 0.15) is 11.3 Å². The first kappa shape index (κ1) is 17.3. The van der Waals surface area contributed by atoms with Crippen molar-refractivity contribution in [2.75, 3.05) is 5.73 Å². The van der Waals surface area contributed by atoms with Gasteiger partial charge in [0.1, 0.15) is 5.56 Å². The molecule has 0 saturated carbocycles. The Morgan fingerprint density at radius 1 is 1.20 bits per heavy atom. The van der Waals surface area contributed by atoms with E-state index in [1.54, 1.807) is 24.4 Å². The molecule has 9 heteroatoms. The predicted octanol–water partition coefficient (Wildman–Crippen LogP) is 1.87. The molecule has 130 valence electrons. The number of hydrogen-bond donors (Lipinski definition) is 3. The van der Waals surface area contributed by atoms with E-state index >= 15 is 0 Å². The summed E-state index contributed by atoms with van der Waals surface area (Å²) in [7, 11) is -4.59. The van der Waals surface area contributed by atoms with Crippen LogP contribution in [-0.2, 0) is 22.2 Å². The van der Waals surface area contributed by atoms with Crippen LogP contribution in [0.4, 0.5) is 5.82 Å². The van der Waals surface area contributed by atoms with E-state index in [2.05, 4.69) is 9.68 Å². The lowest BCUT2D eigenvalue weighted by Gasteiger charge is -2.07. The summed E-state index contributed by atoms with van der Waals surface area (Å²) in [6.07, 6.45) is 2.17. The molecule has 0 amide bonds. The van der Waals surface area contributed by atoms with E-state index in [1.165, 1.54) is 4.57 Å². The molecule has 0 aliphatic carbocycles. The molecule has 0 bridgehead atoms. The van der Waals surface area contributed by atoms with Crippen LogP contribution in [0.5, 0.6) is 0 Å². The molecule has 2 heterocycles. The summed E-state index contributed by atoms with van der Waals surface area (Å²) < 4.78 is 22.0. The fourth-order valence-electron chi connectivity index (χ4n) is 2.35. The summed E-state index contributed by atoms with van der Waals surface area (Å²) in [5.41, 5.74) is 8.47. The normalized spacial score (nSPS) is 11.6. The second-order valence-corrected chi connectivity index (χ2v) is 6.61. The molecule has 0 fully saturated rings. The highest BCUT2D eigenvalue weighted by molar-refractivity contribution is 7.46. The molecule has 3 rings (SSSR count). The summed E-state index contributed by atoms with van der Waals surface area (Å²) in [5.74, 6) is 0.715. The number of pyridine rings is 1. The Kier molecular flexibility index (Phi) is 4.96. The van der Waals surface area contributed by atoms with Crippen LogP contribution in [0.15, 0.2) is 59.3 Å². The van der Waals surface area contributed by atoms with Gasteiger partial charge in [0, 0.05) is 12.5 Å². The van der Waals surface area contributed by atoms with Gasteiger partial charge in [0.05, 0.1) is 11.9 Å². The number of phosphoric ester groups is 1. The van der Waals surface area contributed by atoms with Crippen molar-refractivity contribution in [3.8, 4) is 11.3 Å². The summed E-state index contributed by atoms with van der Waals surface area (Å²) in [6.45, 7) is -0.380. The molecule has 25 heavy (non-hydrogen) atoms. The van der Waals surface area contributed by atoms with Gasteiger partial charge in [0.25, 0.3) is 5.82 Å². The topological polar surface area (TPSA) is 123 Å². The van der Waals surface area contributed by atoms with Gasteiger partial charge in [-0.2, -0.15) is 0 Å². The van der Waals surface area contributed by atoms with Gasteiger partial charge in [0.2, 0.25) is 6.73 Å². The lowest BCUT2D eigenvalue weighted by Crippen LogP contribution is -2.38. The third-order valence-corrected chi connectivity index (χ3v) is 3.98. The van der Waals surface area contributed by atoms with E-state index in [9.17, 15) is 4.57 Å². The van der Waals surface area contributed by atoms with Gasteiger partial charge in [-0.05, 0) is 17.7 Å². The molecule has 0 saturated heterocycles. The minimum atomic E-state index is -4.59. The molecule has 2 aromatic heterocycles. The largest absolute Gasteiger partial charge is 0.472 e. The second kappa shape index (κ2) is 7.16. The SMILES string of the molecule is Nc1c(-c2cc(Cc3ccccc3)no2)ccc[n+]1COP(=O)(O)O. The average Bonchev–Trinajstić information content (AvgIpc) is 3.02. The van der Waals surface area contributed by atoms with E-state index in [0.29, 0.717) is 17.7 Å². The quantitative estimate of drug-likeness (QED) is 0.452. The van der Waals surface area contributed by atoms with Crippen LogP contribution >= 0.6 is 7.82 Å². The molecule has 0 aliphatic rings. The van der Waals surface area contributed by atoms with Crippen molar-refractivity contribution in [1.82, 2.24) is 5.16 Å². The number of phosphoric acid groups is 1. The maximum atomic E-state index is 10.8. The third-order valence-electron chi connectivity index (χ3n) is 3.53. The first-order valence-corrected chi connectivity index (χ1v) is 8.93. The Hall–Kier alpha value is -2.51. The zero-order chi connectivity index (χ0) is 17.9. The molecule has 0 atom stereocenters. The van der Waals surface area contributed by atoms with Crippen molar-refractivity contribution in [2.24, 2.45) is 0 Å². The van der Waals surface area contributed by atoms with E-state index in [0.717, 1.165) is 11.3 Å². The lowest BCUT2D eigenvalue weighted by molar-refractivity contribution is -0.711. The van der Waals surface area contributed by atoms with E-state index < -0.39 is 7.82 Å². The molecule has 0 radical (unpaired) electrons. The first-order chi connectivity index (χ1) is 11.9. The minimum Gasteiger partial charge on any atom is -0.356 e. The van der Waals surface area contributed by atoms with Crippen LogP contribution in [-0.4, -0.2) is 14.9 Å². The molecule has 8 nitrogen and oxygen atoms in total. The number of nitrogens with two attached hydrogens (primary N) is 1. The van der Waals surface area contributed by atoms with Crippen LogP contribution in [0, 0.1) is 0 Å². The number of rotatable bonds is 6. The van der Waals surface area contributed by atoms with E-state index in [1.807, 2.05) is 30.3 Å². The summed E-state index contributed by atoms with van der Waals surface area (Å²) in [5, 5.41) is 4.05. The maximum absolute atomic E-state index is 10.8. The standard InChI is InChI=1S/C16H16N3O5P/c17-16-14(7-4-8-19(16)11-23-25(20,21)22)15-10-13(18-24-15)9-12-5-2-1-3-6-12/h1-8,10,17H,9,11H2,(H2,20,21,22)/p+1. The number of nitrogens with zero attached hydrogens (tertiary/aromatic N) is 2. The van der Waals surface area contributed by atoms with Gasteiger partial charge in [0.15, 0.2) is 5.76 Å². The number of benzene rings is 1. The summed E-state index contributed by atoms with van der Waals surface area (Å²) in [4.78, 5) is 17.6. The van der Waals surface area contributed by atoms with Crippen LogP contribution in [0.2, 0.25) is 0 Å². The highest BCUT2D eigenvalue weighted by atomic mass is 31.2. The zero-order valence-electron chi connectivity index (χ0n) is 13.1. The zero-order valence-corrected chi connectivity index (χ0v) is 14.0.